The Kier molecular flexibility index (Phi) is 3.98. The molecule has 2 fully saturated rings. The van der Waals surface area contributed by atoms with Crippen molar-refractivity contribution in [3.05, 3.63) is 48.0 Å². The second-order valence-electron chi connectivity index (χ2n) is 10.7. The average molecular weight is 444 g/mol. The predicted molar refractivity (Wildman–Crippen MR) is 128 cm³/mol. The number of hydrogen-bond donors (Lipinski definition) is 1. The molecular weight excluding hydrogens is 414 g/mol. The number of oxime groups is 1. The quantitative estimate of drug-likeness (QED) is 0.617. The molecule has 6 heteroatoms. The smallest absolute Gasteiger partial charge is 0.231 e. The van der Waals surface area contributed by atoms with Gasteiger partial charge in [0.1, 0.15) is 5.71 Å². The first kappa shape index (κ1) is 19.4. The summed E-state index contributed by atoms with van der Waals surface area (Å²) in [5.74, 6) is 2.93. The van der Waals surface area contributed by atoms with Crippen molar-refractivity contribution in [1.29, 1.82) is 0 Å². The Labute approximate surface area is 194 Å². The first-order valence-electron chi connectivity index (χ1n) is 12.1. The van der Waals surface area contributed by atoms with E-state index >= 15 is 0 Å². The number of para-hydroxylation sites is 2. The molecule has 2 saturated carbocycles. The third kappa shape index (κ3) is 2.73. The van der Waals surface area contributed by atoms with E-state index in [4.69, 9.17) is 24.5 Å². The number of nitrogens with zero attached hydrogens (tertiary/aromatic N) is 2. The second-order valence-corrected chi connectivity index (χ2v) is 10.7. The van der Waals surface area contributed by atoms with Crippen molar-refractivity contribution in [2.45, 2.75) is 57.6 Å². The minimum atomic E-state index is -0.179. The molecular formula is C27H29N3O3. The fourth-order valence-electron chi connectivity index (χ4n) is 6.93. The van der Waals surface area contributed by atoms with Crippen molar-refractivity contribution >= 4 is 22.8 Å². The molecule has 170 valence electrons. The number of anilines is 1. The van der Waals surface area contributed by atoms with Gasteiger partial charge in [-0.25, -0.2) is 4.99 Å². The van der Waals surface area contributed by atoms with Crippen LogP contribution in [0, 0.1) is 17.3 Å². The zero-order valence-electron chi connectivity index (χ0n) is 19.1. The van der Waals surface area contributed by atoms with Gasteiger partial charge in [0.15, 0.2) is 17.1 Å². The van der Waals surface area contributed by atoms with Crippen LogP contribution >= 0.6 is 0 Å². The third-order valence-corrected chi connectivity index (χ3v) is 8.97. The molecule has 6 nitrogen and oxygen atoms in total. The Balaban J connectivity index is 1.25. The summed E-state index contributed by atoms with van der Waals surface area (Å²) in [5, 5.41) is 8.44. The van der Waals surface area contributed by atoms with Crippen LogP contribution in [0.3, 0.4) is 0 Å². The minimum absolute atomic E-state index is 0.0502. The minimum Gasteiger partial charge on any atom is -0.454 e. The molecule has 0 aromatic heterocycles. The highest BCUT2D eigenvalue weighted by Gasteiger charge is 2.67. The maximum Gasteiger partial charge on any atom is 0.231 e. The third-order valence-electron chi connectivity index (χ3n) is 8.97. The zero-order valence-corrected chi connectivity index (χ0v) is 19.1. The first-order valence-corrected chi connectivity index (χ1v) is 12.1. The van der Waals surface area contributed by atoms with Gasteiger partial charge in [-0.05, 0) is 55.0 Å². The zero-order chi connectivity index (χ0) is 22.2. The molecule has 0 radical (unpaired) electrons. The van der Waals surface area contributed by atoms with E-state index in [1.165, 1.54) is 19.3 Å². The van der Waals surface area contributed by atoms with Crippen LogP contribution in [0.15, 0.2) is 52.6 Å². The fourth-order valence-corrected chi connectivity index (χ4v) is 6.93. The van der Waals surface area contributed by atoms with Gasteiger partial charge in [-0.2, -0.15) is 0 Å². The van der Waals surface area contributed by atoms with Crippen molar-refractivity contribution in [1.82, 2.24) is 0 Å². The van der Waals surface area contributed by atoms with E-state index in [1.54, 1.807) is 0 Å². The molecule has 3 heterocycles. The molecule has 0 saturated heterocycles. The van der Waals surface area contributed by atoms with E-state index in [2.05, 4.69) is 43.4 Å². The van der Waals surface area contributed by atoms with E-state index in [0.717, 1.165) is 58.6 Å². The van der Waals surface area contributed by atoms with Crippen molar-refractivity contribution < 1.29 is 14.3 Å². The lowest BCUT2D eigenvalue weighted by Gasteiger charge is -2.44. The van der Waals surface area contributed by atoms with Crippen LogP contribution in [0.2, 0.25) is 0 Å². The van der Waals surface area contributed by atoms with E-state index in [1.807, 2.05) is 18.2 Å². The van der Waals surface area contributed by atoms with Crippen LogP contribution in [0.1, 0.15) is 57.6 Å². The lowest BCUT2D eigenvalue weighted by Crippen LogP contribution is -2.49. The number of hydrogen-bond acceptors (Lipinski definition) is 6. The second kappa shape index (κ2) is 6.75. The van der Waals surface area contributed by atoms with Crippen molar-refractivity contribution in [3.8, 4) is 11.5 Å². The predicted octanol–water partition coefficient (Wildman–Crippen LogP) is 6.02. The highest BCUT2D eigenvalue weighted by molar-refractivity contribution is 6.43. The monoisotopic (exact) mass is 443 g/mol. The molecule has 2 unspecified atom stereocenters. The molecule has 2 aromatic rings. The molecule has 7 rings (SSSR count). The molecule has 4 atom stereocenters. The van der Waals surface area contributed by atoms with Gasteiger partial charge in [-0.1, -0.05) is 37.2 Å². The average Bonchev–Trinajstić information content (AvgIpc) is 3.58. The highest BCUT2D eigenvalue weighted by atomic mass is 16.7. The normalized spacial score (nSPS) is 32.6. The summed E-state index contributed by atoms with van der Waals surface area (Å²) < 4.78 is 11.2. The van der Waals surface area contributed by atoms with Crippen molar-refractivity contribution in [3.63, 3.8) is 0 Å². The molecule has 1 N–H and O–H groups in total. The van der Waals surface area contributed by atoms with Crippen LogP contribution in [-0.2, 0) is 4.84 Å². The summed E-state index contributed by atoms with van der Waals surface area (Å²) in [4.78, 5) is 11.5. The number of benzene rings is 2. The molecule has 0 amide bonds. The molecule has 2 aliphatic carbocycles. The van der Waals surface area contributed by atoms with E-state index in [0.29, 0.717) is 5.92 Å². The van der Waals surface area contributed by atoms with Gasteiger partial charge < -0.3 is 19.6 Å². The summed E-state index contributed by atoms with van der Waals surface area (Å²) in [6.45, 7) is 5.05. The number of fused-ring (bicyclic) bond motifs is 5. The van der Waals surface area contributed by atoms with Gasteiger partial charge in [-0.3, -0.25) is 0 Å². The Morgan fingerprint density at radius 3 is 2.70 bits per heavy atom. The van der Waals surface area contributed by atoms with Gasteiger partial charge in [0.25, 0.3) is 0 Å². The standard InChI is InChI=1S/C27H29N3O3/c1-26(2)17-8-9-18(12-17)27(26)14-23(30-33-27)22-13-21(28-19-5-3-4-6-20(19)29-22)16-7-10-24-25(11-16)32-15-31-24/h3-7,10-11,17-18,21,28H,8-9,12-15H2,1-2H3/t17-,18+,21?,27?/m1/s1. The van der Waals surface area contributed by atoms with Gasteiger partial charge in [-0.15, -0.1) is 0 Å². The topological polar surface area (TPSA) is 64.4 Å². The Hall–Kier alpha value is -3.02. The van der Waals surface area contributed by atoms with Gasteiger partial charge in [0.05, 0.1) is 23.1 Å². The number of aliphatic imine (C=N–C) groups is 1. The molecule has 2 bridgehead atoms. The lowest BCUT2D eigenvalue weighted by molar-refractivity contribution is -0.135. The lowest BCUT2D eigenvalue weighted by atomic mass is 9.63. The van der Waals surface area contributed by atoms with Crippen molar-refractivity contribution in [2.75, 3.05) is 12.1 Å². The highest BCUT2D eigenvalue weighted by Crippen LogP contribution is 2.65. The number of rotatable bonds is 2. The molecule has 2 aromatic carbocycles. The van der Waals surface area contributed by atoms with Gasteiger partial charge in [0.2, 0.25) is 6.79 Å². The van der Waals surface area contributed by atoms with Crippen LogP contribution < -0.4 is 14.8 Å². The Morgan fingerprint density at radius 1 is 0.970 bits per heavy atom. The van der Waals surface area contributed by atoms with Gasteiger partial charge >= 0.3 is 0 Å². The van der Waals surface area contributed by atoms with Crippen LogP contribution in [-0.4, -0.2) is 23.8 Å². The summed E-state index contributed by atoms with van der Waals surface area (Å²) in [7, 11) is 0. The molecule has 5 aliphatic rings. The fraction of sp³-hybridized carbons (Fsp3) is 0.481. The Bertz CT molecular complexity index is 1200. The maximum atomic E-state index is 6.40. The summed E-state index contributed by atoms with van der Waals surface area (Å²) in [6, 6.07) is 14.5. The summed E-state index contributed by atoms with van der Waals surface area (Å²) in [5.41, 5.74) is 5.13. The van der Waals surface area contributed by atoms with Crippen LogP contribution in [0.5, 0.6) is 11.5 Å². The van der Waals surface area contributed by atoms with E-state index in [9.17, 15) is 0 Å². The largest absolute Gasteiger partial charge is 0.454 e. The van der Waals surface area contributed by atoms with E-state index in [-0.39, 0.29) is 23.9 Å². The molecule has 33 heavy (non-hydrogen) atoms. The maximum absolute atomic E-state index is 6.40. The summed E-state index contributed by atoms with van der Waals surface area (Å²) in [6.07, 6.45) is 5.44. The van der Waals surface area contributed by atoms with E-state index < -0.39 is 0 Å². The Morgan fingerprint density at radius 2 is 1.82 bits per heavy atom. The van der Waals surface area contributed by atoms with Gasteiger partial charge in [0, 0.05) is 24.2 Å². The SMILES string of the molecule is CC1(C)[C@@H]2CC[C@@H](C2)C12CC(C1=Nc3ccccc3NC(c3ccc4c(c3)OCO4)C1)=NO2. The van der Waals surface area contributed by atoms with Crippen LogP contribution in [0.25, 0.3) is 0 Å². The number of ether oxygens (including phenoxy) is 2. The van der Waals surface area contributed by atoms with Crippen molar-refractivity contribution in [2.24, 2.45) is 27.4 Å². The molecule has 3 aliphatic heterocycles. The molecule has 1 spiro atoms. The number of nitrogens with one attached hydrogen (secondary N) is 1. The first-order chi connectivity index (χ1) is 16.0. The summed E-state index contributed by atoms with van der Waals surface area (Å²) >= 11 is 0. The van der Waals surface area contributed by atoms with Crippen LogP contribution in [0.4, 0.5) is 11.4 Å².